The second-order valence-electron chi connectivity index (χ2n) is 3.59. The zero-order chi connectivity index (χ0) is 11.8. The highest BCUT2D eigenvalue weighted by Crippen LogP contribution is 2.25. The lowest BCUT2D eigenvalue weighted by Crippen LogP contribution is -2.30. The number of halogens is 1. The van der Waals surface area contributed by atoms with Gasteiger partial charge in [0.15, 0.2) is 0 Å². The molecular weight excluding hydrogens is 264 g/mol. The van der Waals surface area contributed by atoms with Crippen molar-refractivity contribution in [2.24, 2.45) is 5.84 Å². The Kier molecular flexibility index (Phi) is 4.21. The molecule has 1 saturated heterocycles. The van der Waals surface area contributed by atoms with Crippen molar-refractivity contribution in [1.29, 1.82) is 0 Å². The van der Waals surface area contributed by atoms with E-state index >= 15 is 0 Å². The van der Waals surface area contributed by atoms with Gasteiger partial charge in [0.1, 0.15) is 0 Å². The third kappa shape index (κ3) is 2.47. The summed E-state index contributed by atoms with van der Waals surface area (Å²) in [5.74, 6) is 5.24. The van der Waals surface area contributed by atoms with Crippen molar-refractivity contribution >= 4 is 34.0 Å². The average Bonchev–Trinajstić information content (AvgIpc) is 2.54. The Balaban J connectivity index is 0.00000144. The molecule has 96 valence electrons. The smallest absolute Gasteiger partial charge is 0.303 e. The standard InChI is InChI=1S/C9H14N4O2S.ClH/c1-12-6-7-13(16(12,14)15)9-4-2-8(11-10)3-5-9;/h2-5,11H,6-7,10H2,1H3;1H. The molecule has 6 nitrogen and oxygen atoms in total. The molecule has 8 heteroatoms. The van der Waals surface area contributed by atoms with E-state index in [2.05, 4.69) is 5.43 Å². The number of nitrogens with two attached hydrogens (primary N) is 1. The first-order valence-electron chi connectivity index (χ1n) is 4.86. The van der Waals surface area contributed by atoms with Crippen LogP contribution in [0.2, 0.25) is 0 Å². The van der Waals surface area contributed by atoms with Crippen LogP contribution in [-0.2, 0) is 10.2 Å². The molecule has 0 aromatic heterocycles. The Hall–Kier alpha value is -1.02. The van der Waals surface area contributed by atoms with Crippen LogP contribution in [-0.4, -0.2) is 32.9 Å². The summed E-state index contributed by atoms with van der Waals surface area (Å²) in [6.45, 7) is 0.994. The van der Waals surface area contributed by atoms with Crippen LogP contribution < -0.4 is 15.6 Å². The monoisotopic (exact) mass is 278 g/mol. The quantitative estimate of drug-likeness (QED) is 0.606. The zero-order valence-electron chi connectivity index (χ0n) is 9.33. The minimum absolute atomic E-state index is 0. The lowest BCUT2D eigenvalue weighted by molar-refractivity contribution is 0.511. The number of nitrogen functional groups attached to an aromatic ring is 1. The van der Waals surface area contributed by atoms with Gasteiger partial charge in [0.05, 0.1) is 5.69 Å². The second kappa shape index (κ2) is 5.09. The fraction of sp³-hybridized carbons (Fsp3) is 0.333. The number of nitrogens with zero attached hydrogens (tertiary/aromatic N) is 2. The molecule has 0 bridgehead atoms. The van der Waals surface area contributed by atoms with Gasteiger partial charge in [-0.2, -0.15) is 12.7 Å². The fourth-order valence-corrected chi connectivity index (χ4v) is 2.97. The number of nitrogens with one attached hydrogen (secondary N) is 1. The summed E-state index contributed by atoms with van der Waals surface area (Å²) in [5.41, 5.74) is 3.90. The molecule has 0 spiro atoms. The first-order valence-corrected chi connectivity index (χ1v) is 6.26. The summed E-state index contributed by atoms with van der Waals surface area (Å²) >= 11 is 0. The van der Waals surface area contributed by atoms with Crippen LogP contribution >= 0.6 is 12.4 Å². The molecule has 0 amide bonds. The molecule has 1 heterocycles. The van der Waals surface area contributed by atoms with E-state index in [1.807, 2.05) is 0 Å². The van der Waals surface area contributed by atoms with Crippen molar-refractivity contribution in [3.05, 3.63) is 24.3 Å². The van der Waals surface area contributed by atoms with Crippen molar-refractivity contribution in [2.75, 3.05) is 29.9 Å². The lowest BCUT2D eigenvalue weighted by Gasteiger charge is -2.18. The number of anilines is 2. The van der Waals surface area contributed by atoms with Gasteiger partial charge in [-0.05, 0) is 24.3 Å². The molecule has 3 N–H and O–H groups in total. The highest BCUT2D eigenvalue weighted by molar-refractivity contribution is 7.90. The maximum absolute atomic E-state index is 11.9. The summed E-state index contributed by atoms with van der Waals surface area (Å²) in [5, 5.41) is 0. The molecule has 0 saturated carbocycles. The van der Waals surface area contributed by atoms with Crippen LogP contribution in [0.15, 0.2) is 24.3 Å². The topological polar surface area (TPSA) is 78.7 Å². The molecular formula is C9H15ClN4O2S. The van der Waals surface area contributed by atoms with Crippen molar-refractivity contribution in [3.63, 3.8) is 0 Å². The van der Waals surface area contributed by atoms with Crippen molar-refractivity contribution in [3.8, 4) is 0 Å². The van der Waals surface area contributed by atoms with Crippen LogP contribution in [0.5, 0.6) is 0 Å². The zero-order valence-corrected chi connectivity index (χ0v) is 11.0. The number of hydrogen-bond acceptors (Lipinski definition) is 4. The molecule has 1 aromatic rings. The van der Waals surface area contributed by atoms with E-state index in [-0.39, 0.29) is 12.4 Å². The Bertz CT molecular complexity index is 476. The van der Waals surface area contributed by atoms with E-state index in [4.69, 9.17) is 5.84 Å². The number of hydrazine groups is 1. The van der Waals surface area contributed by atoms with E-state index in [0.717, 1.165) is 5.69 Å². The highest BCUT2D eigenvalue weighted by Gasteiger charge is 2.33. The Morgan fingerprint density at radius 3 is 2.24 bits per heavy atom. The molecule has 1 aliphatic heterocycles. The molecule has 0 unspecified atom stereocenters. The number of likely N-dealkylation sites (N-methyl/N-ethyl adjacent to an activating group) is 1. The summed E-state index contributed by atoms with van der Waals surface area (Å²) in [4.78, 5) is 0. The fourth-order valence-electron chi connectivity index (χ4n) is 1.62. The normalized spacial score (nSPS) is 18.8. The third-order valence-corrected chi connectivity index (χ3v) is 4.53. The van der Waals surface area contributed by atoms with Crippen LogP contribution in [0.25, 0.3) is 0 Å². The van der Waals surface area contributed by atoms with Gasteiger partial charge in [0.25, 0.3) is 0 Å². The first-order chi connectivity index (χ1) is 7.55. The molecule has 17 heavy (non-hydrogen) atoms. The Morgan fingerprint density at radius 2 is 1.82 bits per heavy atom. The van der Waals surface area contributed by atoms with Gasteiger partial charge < -0.3 is 5.43 Å². The van der Waals surface area contributed by atoms with Gasteiger partial charge in [-0.15, -0.1) is 12.4 Å². The van der Waals surface area contributed by atoms with Crippen LogP contribution in [0.1, 0.15) is 0 Å². The maximum atomic E-state index is 11.9. The predicted molar refractivity (Wildman–Crippen MR) is 70.4 cm³/mol. The Morgan fingerprint density at radius 1 is 1.24 bits per heavy atom. The summed E-state index contributed by atoms with van der Waals surface area (Å²) in [6.07, 6.45) is 0. The average molecular weight is 279 g/mol. The third-order valence-electron chi connectivity index (χ3n) is 2.61. The van der Waals surface area contributed by atoms with E-state index < -0.39 is 10.2 Å². The van der Waals surface area contributed by atoms with Gasteiger partial charge in [-0.1, -0.05) is 0 Å². The van der Waals surface area contributed by atoms with Gasteiger partial charge >= 0.3 is 10.2 Å². The predicted octanol–water partition coefficient (Wildman–Crippen LogP) is 0.391. The minimum atomic E-state index is -3.32. The van der Waals surface area contributed by atoms with E-state index in [0.29, 0.717) is 18.8 Å². The van der Waals surface area contributed by atoms with Gasteiger partial charge in [0, 0.05) is 25.8 Å². The van der Waals surface area contributed by atoms with Crippen LogP contribution in [0.3, 0.4) is 0 Å². The summed E-state index contributed by atoms with van der Waals surface area (Å²) in [7, 11) is -1.75. The van der Waals surface area contributed by atoms with Crippen molar-refractivity contribution < 1.29 is 8.42 Å². The largest absolute Gasteiger partial charge is 0.324 e. The molecule has 1 aliphatic rings. The van der Waals surface area contributed by atoms with E-state index in [9.17, 15) is 8.42 Å². The second-order valence-corrected chi connectivity index (χ2v) is 5.55. The number of benzene rings is 1. The first kappa shape index (κ1) is 14.0. The minimum Gasteiger partial charge on any atom is -0.324 e. The number of hydrogen-bond donors (Lipinski definition) is 2. The summed E-state index contributed by atoms with van der Waals surface area (Å²) < 4.78 is 26.4. The highest BCUT2D eigenvalue weighted by atomic mass is 35.5. The van der Waals surface area contributed by atoms with Crippen molar-refractivity contribution in [1.82, 2.24) is 4.31 Å². The van der Waals surface area contributed by atoms with Crippen LogP contribution in [0, 0.1) is 0 Å². The molecule has 2 rings (SSSR count). The van der Waals surface area contributed by atoms with Gasteiger partial charge in [-0.3, -0.25) is 10.1 Å². The number of rotatable bonds is 2. The van der Waals surface area contributed by atoms with Crippen molar-refractivity contribution in [2.45, 2.75) is 0 Å². The van der Waals surface area contributed by atoms with E-state index in [1.165, 1.54) is 8.61 Å². The molecule has 0 atom stereocenters. The molecule has 0 radical (unpaired) electrons. The van der Waals surface area contributed by atoms with Crippen LogP contribution in [0.4, 0.5) is 11.4 Å². The SMILES string of the molecule is CN1CCN(c2ccc(NN)cc2)S1(=O)=O.Cl. The lowest BCUT2D eigenvalue weighted by atomic mass is 10.3. The maximum Gasteiger partial charge on any atom is 0.303 e. The van der Waals surface area contributed by atoms with E-state index in [1.54, 1.807) is 31.3 Å². The van der Waals surface area contributed by atoms with Gasteiger partial charge in [-0.25, -0.2) is 0 Å². The Labute approximate surface area is 107 Å². The molecule has 0 aliphatic carbocycles. The molecule has 1 fully saturated rings. The summed E-state index contributed by atoms with van der Waals surface area (Å²) in [6, 6.07) is 6.93. The van der Waals surface area contributed by atoms with Gasteiger partial charge in [0.2, 0.25) is 0 Å². The molecule has 1 aromatic carbocycles.